The lowest BCUT2D eigenvalue weighted by molar-refractivity contribution is -0.149. The number of carbonyl (C=O) groups excluding carboxylic acids is 3. The zero-order valence-corrected chi connectivity index (χ0v) is 17.4. The van der Waals surface area contributed by atoms with Gasteiger partial charge in [-0.3, -0.25) is 14.4 Å². The predicted octanol–water partition coefficient (Wildman–Crippen LogP) is 3.03. The number of ketones is 1. The third-order valence-corrected chi connectivity index (χ3v) is 5.19. The van der Waals surface area contributed by atoms with E-state index >= 15 is 0 Å². The first-order valence-electron chi connectivity index (χ1n) is 10.1. The topological polar surface area (TPSA) is 66.5 Å². The van der Waals surface area contributed by atoms with Crippen molar-refractivity contribution in [1.29, 1.82) is 0 Å². The highest BCUT2D eigenvalue weighted by Gasteiger charge is 2.32. The summed E-state index contributed by atoms with van der Waals surface area (Å²) < 4.78 is 0. The minimum atomic E-state index is -0.742. The molecule has 5 nitrogen and oxygen atoms in total. The van der Waals surface area contributed by atoms with E-state index in [9.17, 15) is 14.4 Å². The largest absolute Gasteiger partial charge is 0.354 e. The van der Waals surface area contributed by atoms with Gasteiger partial charge in [0.15, 0.2) is 0 Å². The number of nitrogens with one attached hydrogen (secondary N) is 1. The molecule has 154 valence electrons. The summed E-state index contributed by atoms with van der Waals surface area (Å²) in [5.41, 5.74) is 2.06. The fourth-order valence-electron chi connectivity index (χ4n) is 3.05. The van der Waals surface area contributed by atoms with Crippen LogP contribution in [0.25, 0.3) is 0 Å². The Hall–Kier alpha value is -2.95. The number of rotatable bonds is 10. The Balaban J connectivity index is 2.09. The van der Waals surface area contributed by atoms with E-state index < -0.39 is 17.7 Å². The molecule has 5 heteroatoms. The standard InChI is InChI=1S/C24H30N2O3/c1-4-18(2)22(27)24(29)26(3)21(17-20-13-9-6-10-14-20)23(28)25-16-15-19-11-7-5-8-12-19/h5-14,18,21H,4,15-17H2,1-3H3,(H,25,28)/t18?,21-/m0/s1. The van der Waals surface area contributed by atoms with E-state index in [0.29, 0.717) is 25.8 Å². The Bertz CT molecular complexity index is 805. The van der Waals surface area contributed by atoms with Gasteiger partial charge in [-0.05, 0) is 24.0 Å². The van der Waals surface area contributed by atoms with Crippen LogP contribution < -0.4 is 5.32 Å². The fourth-order valence-corrected chi connectivity index (χ4v) is 3.05. The Morgan fingerprint density at radius 2 is 1.48 bits per heavy atom. The quantitative estimate of drug-likeness (QED) is 0.630. The van der Waals surface area contributed by atoms with Gasteiger partial charge in [0.05, 0.1) is 0 Å². The molecule has 0 radical (unpaired) electrons. The zero-order valence-electron chi connectivity index (χ0n) is 17.4. The Labute approximate surface area is 173 Å². The van der Waals surface area contributed by atoms with Crippen LogP contribution in [0.4, 0.5) is 0 Å². The van der Waals surface area contributed by atoms with E-state index in [1.165, 1.54) is 11.9 Å². The van der Waals surface area contributed by atoms with Gasteiger partial charge in [0.2, 0.25) is 11.7 Å². The third-order valence-electron chi connectivity index (χ3n) is 5.19. The Morgan fingerprint density at radius 1 is 0.931 bits per heavy atom. The molecule has 2 amide bonds. The minimum absolute atomic E-state index is 0.252. The fraction of sp³-hybridized carbons (Fsp3) is 0.375. The molecule has 0 spiro atoms. The zero-order chi connectivity index (χ0) is 21.2. The summed E-state index contributed by atoms with van der Waals surface area (Å²) in [6, 6.07) is 18.7. The molecule has 0 saturated heterocycles. The molecule has 2 aromatic carbocycles. The number of benzene rings is 2. The lowest BCUT2D eigenvalue weighted by Gasteiger charge is -2.28. The highest BCUT2D eigenvalue weighted by atomic mass is 16.2. The lowest BCUT2D eigenvalue weighted by atomic mass is 10.00. The van der Waals surface area contributed by atoms with Crippen molar-refractivity contribution >= 4 is 17.6 Å². The predicted molar refractivity (Wildman–Crippen MR) is 114 cm³/mol. The number of hydrogen-bond acceptors (Lipinski definition) is 3. The van der Waals surface area contributed by atoms with Crippen molar-refractivity contribution < 1.29 is 14.4 Å². The van der Waals surface area contributed by atoms with Crippen molar-refractivity contribution in [2.75, 3.05) is 13.6 Å². The van der Waals surface area contributed by atoms with Crippen LogP contribution in [0, 0.1) is 5.92 Å². The molecule has 0 fully saturated rings. The van der Waals surface area contributed by atoms with Gasteiger partial charge in [0, 0.05) is 25.9 Å². The van der Waals surface area contributed by atoms with Gasteiger partial charge in [-0.25, -0.2) is 0 Å². The van der Waals surface area contributed by atoms with Crippen LogP contribution in [-0.4, -0.2) is 42.1 Å². The van der Waals surface area contributed by atoms with Crippen LogP contribution in [0.2, 0.25) is 0 Å². The molecule has 1 unspecified atom stereocenters. The lowest BCUT2D eigenvalue weighted by Crippen LogP contribution is -2.51. The first-order chi connectivity index (χ1) is 13.9. The summed E-state index contributed by atoms with van der Waals surface area (Å²) >= 11 is 0. The molecule has 1 N–H and O–H groups in total. The highest BCUT2D eigenvalue weighted by Crippen LogP contribution is 2.12. The first kappa shape index (κ1) is 22.3. The maximum Gasteiger partial charge on any atom is 0.290 e. The van der Waals surface area contributed by atoms with E-state index in [2.05, 4.69) is 5.32 Å². The monoisotopic (exact) mass is 394 g/mol. The summed E-state index contributed by atoms with van der Waals surface area (Å²) in [6.45, 7) is 4.07. The Kier molecular flexibility index (Phi) is 8.59. The molecular weight excluding hydrogens is 364 g/mol. The van der Waals surface area contributed by atoms with Crippen molar-refractivity contribution in [2.24, 2.45) is 5.92 Å². The molecule has 29 heavy (non-hydrogen) atoms. The summed E-state index contributed by atoms with van der Waals surface area (Å²) in [6.07, 6.45) is 1.65. The van der Waals surface area contributed by atoms with Gasteiger partial charge in [0.1, 0.15) is 6.04 Å². The van der Waals surface area contributed by atoms with Gasteiger partial charge < -0.3 is 10.2 Å². The van der Waals surface area contributed by atoms with Crippen LogP contribution in [0.1, 0.15) is 31.4 Å². The molecule has 2 rings (SSSR count). The molecule has 0 heterocycles. The molecule has 0 aliphatic rings. The average Bonchev–Trinajstić information content (AvgIpc) is 2.76. The van der Waals surface area contributed by atoms with Gasteiger partial charge in [0.25, 0.3) is 5.91 Å². The van der Waals surface area contributed by atoms with Crippen molar-refractivity contribution in [1.82, 2.24) is 10.2 Å². The maximum atomic E-state index is 12.9. The Morgan fingerprint density at radius 3 is 2.03 bits per heavy atom. The summed E-state index contributed by atoms with van der Waals surface area (Å²) in [7, 11) is 1.53. The minimum Gasteiger partial charge on any atom is -0.354 e. The molecule has 0 saturated carbocycles. The molecule has 0 aromatic heterocycles. The van der Waals surface area contributed by atoms with E-state index in [1.807, 2.05) is 67.6 Å². The molecule has 0 aliphatic heterocycles. The van der Waals surface area contributed by atoms with Crippen LogP contribution in [0.5, 0.6) is 0 Å². The van der Waals surface area contributed by atoms with Crippen molar-refractivity contribution in [2.45, 2.75) is 39.2 Å². The van der Waals surface area contributed by atoms with Crippen LogP contribution >= 0.6 is 0 Å². The molecule has 2 atom stereocenters. The number of nitrogens with zero attached hydrogens (tertiary/aromatic N) is 1. The third kappa shape index (κ3) is 6.56. The smallest absolute Gasteiger partial charge is 0.290 e. The van der Waals surface area contributed by atoms with Gasteiger partial charge in [-0.2, -0.15) is 0 Å². The molecule has 2 aromatic rings. The maximum absolute atomic E-state index is 12.9. The second kappa shape index (κ2) is 11.1. The van der Waals surface area contributed by atoms with E-state index in [0.717, 1.165) is 11.1 Å². The summed E-state index contributed by atoms with van der Waals surface area (Å²) in [4.78, 5) is 39.3. The van der Waals surface area contributed by atoms with Gasteiger partial charge in [-0.15, -0.1) is 0 Å². The van der Waals surface area contributed by atoms with Gasteiger partial charge >= 0.3 is 0 Å². The normalized spacial score (nSPS) is 12.7. The van der Waals surface area contributed by atoms with Crippen LogP contribution in [0.3, 0.4) is 0 Å². The van der Waals surface area contributed by atoms with E-state index in [-0.39, 0.29) is 11.8 Å². The summed E-state index contributed by atoms with van der Waals surface area (Å²) in [5, 5.41) is 2.93. The summed E-state index contributed by atoms with van der Waals surface area (Å²) in [5.74, 6) is -1.68. The second-order valence-electron chi connectivity index (χ2n) is 7.32. The second-order valence-corrected chi connectivity index (χ2v) is 7.32. The van der Waals surface area contributed by atoms with Crippen molar-refractivity contribution in [3.63, 3.8) is 0 Å². The average molecular weight is 395 g/mol. The molecule has 0 aliphatic carbocycles. The SMILES string of the molecule is CCC(C)C(=O)C(=O)N(C)[C@@H](Cc1ccccc1)C(=O)NCCc1ccccc1. The molecular formula is C24H30N2O3. The van der Waals surface area contributed by atoms with Crippen LogP contribution in [0.15, 0.2) is 60.7 Å². The van der Waals surface area contributed by atoms with Crippen LogP contribution in [-0.2, 0) is 27.2 Å². The van der Waals surface area contributed by atoms with E-state index in [1.54, 1.807) is 6.92 Å². The number of carbonyl (C=O) groups is 3. The number of likely N-dealkylation sites (N-methyl/N-ethyl adjacent to an activating group) is 1. The first-order valence-corrected chi connectivity index (χ1v) is 10.1. The number of amides is 2. The van der Waals surface area contributed by atoms with Gasteiger partial charge in [-0.1, -0.05) is 74.5 Å². The van der Waals surface area contributed by atoms with E-state index in [4.69, 9.17) is 0 Å². The van der Waals surface area contributed by atoms with Crippen molar-refractivity contribution in [3.8, 4) is 0 Å². The number of hydrogen-bond donors (Lipinski definition) is 1. The highest BCUT2D eigenvalue weighted by molar-refractivity contribution is 6.37. The van der Waals surface area contributed by atoms with Crippen molar-refractivity contribution in [3.05, 3.63) is 71.8 Å². The molecule has 0 bridgehead atoms. The number of Topliss-reactive ketones (excluding diaryl/α,β-unsaturated/α-hetero) is 1.